The van der Waals surface area contributed by atoms with E-state index >= 15 is 0 Å². The van der Waals surface area contributed by atoms with E-state index in [4.69, 9.17) is 0 Å². The highest BCUT2D eigenvalue weighted by atomic mass is 16.4. The molecule has 2 saturated carbocycles. The maximum atomic E-state index is 12.3. The fourth-order valence-electron chi connectivity index (χ4n) is 3.83. The molecular formula is C15H18N2O3. The van der Waals surface area contributed by atoms with E-state index in [-0.39, 0.29) is 23.7 Å². The molecule has 106 valence electrons. The molecule has 0 radical (unpaired) electrons. The standard InChI is InChI=1S/C15H18N2O3/c18-14(17-8-9-3-5-16-6-4-9)12-10-1-2-11(7-10)13(12)15(19)20/h3-6,10-13H,1-2,7-8H2,(H,17,18)(H,19,20)/t10-,11+,12+,13+/m1/s1. The Labute approximate surface area is 117 Å². The summed E-state index contributed by atoms with van der Waals surface area (Å²) in [5.74, 6) is -1.34. The Morgan fingerprint density at radius 2 is 1.85 bits per heavy atom. The summed E-state index contributed by atoms with van der Waals surface area (Å²) in [6.07, 6.45) is 6.19. The van der Waals surface area contributed by atoms with Crippen molar-refractivity contribution in [2.75, 3.05) is 0 Å². The molecule has 1 aromatic rings. The summed E-state index contributed by atoms with van der Waals surface area (Å²) < 4.78 is 0. The van der Waals surface area contributed by atoms with E-state index in [2.05, 4.69) is 10.3 Å². The Kier molecular flexibility index (Phi) is 3.42. The predicted octanol–water partition coefficient (Wildman–Crippen LogP) is 1.44. The van der Waals surface area contributed by atoms with Crippen molar-refractivity contribution in [3.05, 3.63) is 30.1 Å². The maximum absolute atomic E-state index is 12.3. The number of carboxylic acid groups (broad SMARTS) is 1. The Hall–Kier alpha value is -1.91. The van der Waals surface area contributed by atoms with Crippen molar-refractivity contribution in [2.24, 2.45) is 23.7 Å². The number of amides is 1. The number of hydrogen-bond acceptors (Lipinski definition) is 3. The number of carbonyl (C=O) groups is 2. The van der Waals surface area contributed by atoms with Crippen LogP contribution in [0.4, 0.5) is 0 Å². The lowest BCUT2D eigenvalue weighted by Crippen LogP contribution is -2.41. The van der Waals surface area contributed by atoms with Crippen LogP contribution in [0.15, 0.2) is 24.5 Å². The first kappa shape index (κ1) is 13.1. The number of rotatable bonds is 4. The zero-order valence-corrected chi connectivity index (χ0v) is 11.2. The van der Waals surface area contributed by atoms with E-state index in [1.54, 1.807) is 12.4 Å². The summed E-state index contributed by atoms with van der Waals surface area (Å²) in [5, 5.41) is 12.2. The van der Waals surface area contributed by atoms with Crippen LogP contribution in [0.5, 0.6) is 0 Å². The topological polar surface area (TPSA) is 79.3 Å². The van der Waals surface area contributed by atoms with Gasteiger partial charge in [-0.05, 0) is 48.8 Å². The van der Waals surface area contributed by atoms with Crippen molar-refractivity contribution in [3.8, 4) is 0 Å². The SMILES string of the molecule is O=C(O)[C@H]1[C@H]2CC[C@H](C2)[C@@H]1C(=O)NCc1ccncc1. The molecule has 1 amide bonds. The predicted molar refractivity (Wildman–Crippen MR) is 71.5 cm³/mol. The molecule has 3 rings (SSSR count). The number of fused-ring (bicyclic) bond motifs is 2. The van der Waals surface area contributed by atoms with Crippen molar-refractivity contribution in [2.45, 2.75) is 25.8 Å². The molecule has 5 nitrogen and oxygen atoms in total. The summed E-state index contributed by atoms with van der Waals surface area (Å²) in [5.41, 5.74) is 0.975. The van der Waals surface area contributed by atoms with Crippen LogP contribution in [0.25, 0.3) is 0 Å². The molecule has 0 saturated heterocycles. The average Bonchev–Trinajstić information content (AvgIpc) is 3.06. The second-order valence-corrected chi connectivity index (χ2v) is 5.80. The molecule has 2 bridgehead atoms. The van der Waals surface area contributed by atoms with E-state index in [0.29, 0.717) is 6.54 Å². The summed E-state index contributed by atoms with van der Waals surface area (Å²) in [6, 6.07) is 3.69. The minimum Gasteiger partial charge on any atom is -0.481 e. The highest BCUT2D eigenvalue weighted by molar-refractivity contribution is 5.86. The minimum absolute atomic E-state index is 0.110. The average molecular weight is 274 g/mol. The molecule has 0 aromatic carbocycles. The molecule has 5 heteroatoms. The summed E-state index contributed by atoms with van der Waals surface area (Å²) in [6.45, 7) is 0.432. The zero-order valence-electron chi connectivity index (χ0n) is 11.2. The number of nitrogens with one attached hydrogen (secondary N) is 1. The number of pyridine rings is 1. The molecule has 2 aliphatic carbocycles. The van der Waals surface area contributed by atoms with Gasteiger partial charge in [-0.2, -0.15) is 0 Å². The van der Waals surface area contributed by atoms with Gasteiger partial charge in [-0.1, -0.05) is 0 Å². The molecule has 2 N–H and O–H groups in total. The van der Waals surface area contributed by atoms with Gasteiger partial charge in [-0.15, -0.1) is 0 Å². The van der Waals surface area contributed by atoms with Crippen molar-refractivity contribution in [1.82, 2.24) is 10.3 Å². The third-order valence-electron chi connectivity index (χ3n) is 4.72. The van der Waals surface area contributed by atoms with Crippen LogP contribution < -0.4 is 5.32 Å². The molecule has 1 aromatic heterocycles. The monoisotopic (exact) mass is 274 g/mol. The highest BCUT2D eigenvalue weighted by Gasteiger charge is 2.53. The number of aliphatic carboxylic acids is 1. The van der Waals surface area contributed by atoms with Crippen LogP contribution in [0.3, 0.4) is 0 Å². The Morgan fingerprint density at radius 3 is 2.50 bits per heavy atom. The molecule has 0 aliphatic heterocycles. The van der Waals surface area contributed by atoms with E-state index in [0.717, 1.165) is 24.8 Å². The van der Waals surface area contributed by atoms with Gasteiger partial charge >= 0.3 is 5.97 Å². The number of carboxylic acids is 1. The first-order valence-corrected chi connectivity index (χ1v) is 7.06. The lowest BCUT2D eigenvalue weighted by Gasteiger charge is -2.27. The normalized spacial score (nSPS) is 31.2. The van der Waals surface area contributed by atoms with Gasteiger partial charge in [-0.25, -0.2) is 0 Å². The van der Waals surface area contributed by atoms with Crippen molar-refractivity contribution in [1.29, 1.82) is 0 Å². The fourth-order valence-corrected chi connectivity index (χ4v) is 3.83. The van der Waals surface area contributed by atoms with Crippen LogP contribution in [-0.4, -0.2) is 22.0 Å². The molecule has 1 heterocycles. The second kappa shape index (κ2) is 5.23. The van der Waals surface area contributed by atoms with Gasteiger partial charge in [0.25, 0.3) is 0 Å². The van der Waals surface area contributed by atoms with Crippen LogP contribution in [0.2, 0.25) is 0 Å². The van der Waals surface area contributed by atoms with E-state index in [1.165, 1.54) is 0 Å². The largest absolute Gasteiger partial charge is 0.481 e. The van der Waals surface area contributed by atoms with Gasteiger partial charge in [0, 0.05) is 18.9 Å². The second-order valence-electron chi connectivity index (χ2n) is 5.80. The fraction of sp³-hybridized carbons (Fsp3) is 0.533. The van der Waals surface area contributed by atoms with Gasteiger partial charge < -0.3 is 10.4 Å². The lowest BCUT2D eigenvalue weighted by molar-refractivity contribution is -0.149. The van der Waals surface area contributed by atoms with Crippen molar-refractivity contribution < 1.29 is 14.7 Å². The lowest BCUT2D eigenvalue weighted by atomic mass is 9.78. The molecule has 20 heavy (non-hydrogen) atoms. The Balaban J connectivity index is 1.66. The first-order valence-electron chi connectivity index (χ1n) is 7.06. The zero-order chi connectivity index (χ0) is 14.1. The van der Waals surface area contributed by atoms with Crippen molar-refractivity contribution >= 4 is 11.9 Å². The van der Waals surface area contributed by atoms with Gasteiger partial charge in [0.2, 0.25) is 5.91 Å². The number of hydrogen-bond donors (Lipinski definition) is 2. The van der Waals surface area contributed by atoms with Crippen LogP contribution in [0.1, 0.15) is 24.8 Å². The molecule has 0 spiro atoms. The third-order valence-corrected chi connectivity index (χ3v) is 4.72. The molecule has 0 unspecified atom stereocenters. The van der Waals surface area contributed by atoms with Crippen LogP contribution in [-0.2, 0) is 16.1 Å². The number of aromatic nitrogens is 1. The smallest absolute Gasteiger partial charge is 0.307 e. The maximum Gasteiger partial charge on any atom is 0.307 e. The number of carbonyl (C=O) groups excluding carboxylic acids is 1. The Morgan fingerprint density at radius 1 is 1.20 bits per heavy atom. The third kappa shape index (κ3) is 2.28. The summed E-state index contributed by atoms with van der Waals surface area (Å²) in [4.78, 5) is 27.7. The quantitative estimate of drug-likeness (QED) is 0.871. The molecule has 2 fully saturated rings. The van der Waals surface area contributed by atoms with Gasteiger partial charge in [0.1, 0.15) is 0 Å². The van der Waals surface area contributed by atoms with Gasteiger partial charge in [0.05, 0.1) is 11.8 Å². The molecular weight excluding hydrogens is 256 g/mol. The number of nitrogens with zero attached hydrogens (tertiary/aromatic N) is 1. The summed E-state index contributed by atoms with van der Waals surface area (Å²) >= 11 is 0. The van der Waals surface area contributed by atoms with Gasteiger partial charge in [-0.3, -0.25) is 14.6 Å². The van der Waals surface area contributed by atoms with Crippen LogP contribution in [0, 0.1) is 23.7 Å². The van der Waals surface area contributed by atoms with E-state index < -0.39 is 11.9 Å². The van der Waals surface area contributed by atoms with Crippen molar-refractivity contribution in [3.63, 3.8) is 0 Å². The minimum atomic E-state index is -0.818. The highest BCUT2D eigenvalue weighted by Crippen LogP contribution is 2.52. The first-order chi connectivity index (χ1) is 9.66. The summed E-state index contributed by atoms with van der Waals surface area (Å²) in [7, 11) is 0. The molecule has 4 atom stereocenters. The van der Waals surface area contributed by atoms with Crippen LogP contribution >= 0.6 is 0 Å². The van der Waals surface area contributed by atoms with E-state index in [1.807, 2.05) is 12.1 Å². The molecule has 2 aliphatic rings. The van der Waals surface area contributed by atoms with E-state index in [9.17, 15) is 14.7 Å². The van der Waals surface area contributed by atoms with Gasteiger partial charge in [0.15, 0.2) is 0 Å². The Bertz CT molecular complexity index is 517.